The molecule has 2 aromatic carbocycles. The first kappa shape index (κ1) is 21.5. The number of carbonyl (C=O) groups is 2. The van der Waals surface area contributed by atoms with Crippen LogP contribution in [0.5, 0.6) is 0 Å². The van der Waals surface area contributed by atoms with Gasteiger partial charge in [-0.15, -0.1) is 11.3 Å². The van der Waals surface area contributed by atoms with E-state index in [1.54, 1.807) is 24.3 Å². The molecule has 0 unspecified atom stereocenters. The zero-order valence-electron chi connectivity index (χ0n) is 17.5. The van der Waals surface area contributed by atoms with Gasteiger partial charge in [0.1, 0.15) is 0 Å². The van der Waals surface area contributed by atoms with Crippen LogP contribution in [0, 0.1) is 0 Å². The number of ether oxygens (including phenoxy) is 1. The Morgan fingerprint density at radius 3 is 2.66 bits per heavy atom. The number of aromatic nitrogens is 2. The number of hydrogen-bond donors (Lipinski definition) is 2. The average molecular weight is 448 g/mol. The normalized spacial score (nSPS) is 11.8. The van der Waals surface area contributed by atoms with Crippen molar-refractivity contribution in [1.82, 2.24) is 9.97 Å². The lowest BCUT2D eigenvalue weighted by atomic mass is 10.1. The van der Waals surface area contributed by atoms with E-state index >= 15 is 0 Å². The van der Waals surface area contributed by atoms with Crippen LogP contribution in [0.1, 0.15) is 29.8 Å². The molecule has 32 heavy (non-hydrogen) atoms. The Labute approximate surface area is 188 Å². The van der Waals surface area contributed by atoms with Crippen molar-refractivity contribution in [2.75, 3.05) is 5.32 Å². The largest absolute Gasteiger partial charge is 0.449 e. The highest BCUT2D eigenvalue weighted by Crippen LogP contribution is 2.25. The minimum atomic E-state index is -1.07. The number of esters is 1. The summed E-state index contributed by atoms with van der Waals surface area (Å²) in [5, 5.41) is 5.50. The SMILES string of the molecule is CCc1ccc(-c2csc(NC(=O)[C@@H](C)OC(=O)c3cc(=O)[nH]c4ccccc34)n2)cc1. The molecule has 2 N–H and O–H groups in total. The van der Waals surface area contributed by atoms with Crippen LogP contribution in [0.2, 0.25) is 0 Å². The quantitative estimate of drug-likeness (QED) is 0.427. The number of carbonyl (C=O) groups excluding carboxylic acids is 2. The minimum absolute atomic E-state index is 0.107. The number of hydrogen-bond acceptors (Lipinski definition) is 6. The fourth-order valence-corrected chi connectivity index (χ4v) is 3.96. The number of para-hydroxylation sites is 1. The average Bonchev–Trinajstić information content (AvgIpc) is 3.26. The maximum absolute atomic E-state index is 12.7. The van der Waals surface area contributed by atoms with Gasteiger partial charge in [-0.05, 0) is 25.0 Å². The second-order valence-corrected chi connectivity index (χ2v) is 8.08. The Morgan fingerprint density at radius 1 is 1.16 bits per heavy atom. The number of thiazole rings is 1. The van der Waals surface area contributed by atoms with Crippen LogP contribution in [0.25, 0.3) is 22.2 Å². The van der Waals surface area contributed by atoms with Gasteiger partial charge in [0.05, 0.1) is 11.3 Å². The number of H-pyrrole nitrogens is 1. The summed E-state index contributed by atoms with van der Waals surface area (Å²) < 4.78 is 5.32. The highest BCUT2D eigenvalue weighted by Gasteiger charge is 2.22. The van der Waals surface area contributed by atoms with Crippen LogP contribution < -0.4 is 10.9 Å². The van der Waals surface area contributed by atoms with Gasteiger partial charge >= 0.3 is 5.97 Å². The number of aromatic amines is 1. The summed E-state index contributed by atoms with van der Waals surface area (Å²) in [6.07, 6.45) is -0.112. The van der Waals surface area contributed by atoms with Crippen LogP contribution in [0.15, 0.2) is 64.8 Å². The van der Waals surface area contributed by atoms with Crippen molar-refractivity contribution >= 4 is 39.2 Å². The maximum atomic E-state index is 12.7. The molecule has 2 aromatic heterocycles. The van der Waals surface area contributed by atoms with E-state index in [9.17, 15) is 14.4 Å². The smallest absolute Gasteiger partial charge is 0.339 e. The molecule has 162 valence electrons. The lowest BCUT2D eigenvalue weighted by molar-refractivity contribution is -0.123. The predicted octanol–water partition coefficient (Wildman–Crippen LogP) is 4.40. The standard InChI is InChI=1S/C24H21N3O4S/c1-3-15-8-10-16(11-9-15)20-13-32-24(26-20)27-22(29)14(2)31-23(30)18-12-21(28)25-19-7-5-4-6-17(18)19/h4-14H,3H2,1-2H3,(H,25,28)(H,26,27,29)/t14-/m1/s1. The zero-order chi connectivity index (χ0) is 22.7. The van der Waals surface area contributed by atoms with E-state index in [0.29, 0.717) is 16.0 Å². The molecular formula is C24H21N3O4S. The van der Waals surface area contributed by atoms with Crippen molar-refractivity contribution in [2.45, 2.75) is 26.4 Å². The Morgan fingerprint density at radius 2 is 1.91 bits per heavy atom. The number of aryl methyl sites for hydroxylation is 1. The third-order valence-corrected chi connectivity index (χ3v) is 5.77. The summed E-state index contributed by atoms with van der Waals surface area (Å²) in [7, 11) is 0. The number of benzene rings is 2. The molecule has 1 atom stereocenters. The van der Waals surface area contributed by atoms with Gasteiger partial charge in [0.15, 0.2) is 11.2 Å². The summed E-state index contributed by atoms with van der Waals surface area (Å²) in [6.45, 7) is 3.57. The van der Waals surface area contributed by atoms with Gasteiger partial charge in [-0.1, -0.05) is 49.4 Å². The molecule has 0 saturated carbocycles. The Kier molecular flexibility index (Phi) is 6.13. The molecule has 0 aliphatic rings. The van der Waals surface area contributed by atoms with E-state index in [1.165, 1.54) is 29.9 Å². The van der Waals surface area contributed by atoms with Crippen LogP contribution in [-0.4, -0.2) is 27.9 Å². The fraction of sp³-hybridized carbons (Fsp3) is 0.167. The first-order valence-electron chi connectivity index (χ1n) is 10.1. The Bertz CT molecular complexity index is 1340. The second-order valence-electron chi connectivity index (χ2n) is 7.22. The summed E-state index contributed by atoms with van der Waals surface area (Å²) >= 11 is 1.29. The lowest BCUT2D eigenvalue weighted by Gasteiger charge is -2.13. The number of anilines is 1. The van der Waals surface area contributed by atoms with Crippen molar-refractivity contribution in [3.63, 3.8) is 0 Å². The molecular weight excluding hydrogens is 426 g/mol. The number of nitrogens with zero attached hydrogens (tertiary/aromatic N) is 1. The molecule has 4 aromatic rings. The lowest BCUT2D eigenvalue weighted by Crippen LogP contribution is -2.30. The van der Waals surface area contributed by atoms with E-state index < -0.39 is 23.5 Å². The molecule has 0 radical (unpaired) electrons. The van der Waals surface area contributed by atoms with Crippen molar-refractivity contribution in [3.05, 3.63) is 81.5 Å². The van der Waals surface area contributed by atoms with Gasteiger partial charge in [0.25, 0.3) is 5.91 Å². The summed E-state index contributed by atoms with van der Waals surface area (Å²) in [4.78, 5) is 44.2. The third kappa shape index (κ3) is 4.60. The fourth-order valence-electron chi connectivity index (χ4n) is 3.23. The number of rotatable bonds is 6. The molecule has 1 amide bonds. The van der Waals surface area contributed by atoms with Gasteiger partial charge < -0.3 is 9.72 Å². The number of nitrogens with one attached hydrogen (secondary N) is 2. The van der Waals surface area contributed by atoms with Crippen molar-refractivity contribution in [3.8, 4) is 11.3 Å². The van der Waals surface area contributed by atoms with Crippen molar-refractivity contribution < 1.29 is 14.3 Å². The molecule has 0 aliphatic heterocycles. The summed E-state index contributed by atoms with van der Waals surface area (Å²) in [5.74, 6) is -1.25. The highest BCUT2D eigenvalue weighted by atomic mass is 32.1. The number of pyridine rings is 1. The van der Waals surface area contributed by atoms with E-state index in [0.717, 1.165) is 17.7 Å². The minimum Gasteiger partial charge on any atom is -0.449 e. The maximum Gasteiger partial charge on any atom is 0.339 e. The second kappa shape index (κ2) is 9.15. The van der Waals surface area contributed by atoms with E-state index in [2.05, 4.69) is 22.2 Å². The number of fused-ring (bicyclic) bond motifs is 1. The zero-order valence-corrected chi connectivity index (χ0v) is 18.4. The molecule has 2 heterocycles. The van der Waals surface area contributed by atoms with Crippen LogP contribution in [0.4, 0.5) is 5.13 Å². The highest BCUT2D eigenvalue weighted by molar-refractivity contribution is 7.14. The van der Waals surface area contributed by atoms with Gasteiger partial charge in [-0.25, -0.2) is 9.78 Å². The predicted molar refractivity (Wildman–Crippen MR) is 125 cm³/mol. The van der Waals surface area contributed by atoms with Gasteiger partial charge in [-0.2, -0.15) is 0 Å². The van der Waals surface area contributed by atoms with Crippen LogP contribution in [-0.2, 0) is 16.0 Å². The third-order valence-electron chi connectivity index (χ3n) is 5.02. The molecule has 4 rings (SSSR count). The van der Waals surface area contributed by atoms with E-state index in [1.807, 2.05) is 29.6 Å². The Balaban J connectivity index is 1.44. The van der Waals surface area contributed by atoms with Crippen molar-refractivity contribution in [1.29, 1.82) is 0 Å². The Hall–Kier alpha value is -3.78. The van der Waals surface area contributed by atoms with E-state index in [-0.39, 0.29) is 5.56 Å². The molecule has 8 heteroatoms. The monoisotopic (exact) mass is 447 g/mol. The molecule has 0 spiro atoms. The molecule has 0 saturated heterocycles. The number of amides is 1. The molecule has 0 bridgehead atoms. The van der Waals surface area contributed by atoms with E-state index in [4.69, 9.17) is 4.74 Å². The molecule has 0 fully saturated rings. The van der Waals surface area contributed by atoms with Crippen molar-refractivity contribution in [2.24, 2.45) is 0 Å². The van der Waals surface area contributed by atoms with Gasteiger partial charge in [-0.3, -0.25) is 14.9 Å². The summed E-state index contributed by atoms with van der Waals surface area (Å²) in [5.41, 5.74) is 3.16. The molecule has 7 nitrogen and oxygen atoms in total. The van der Waals surface area contributed by atoms with Gasteiger partial charge in [0.2, 0.25) is 5.56 Å². The van der Waals surface area contributed by atoms with Crippen LogP contribution >= 0.6 is 11.3 Å². The first-order valence-corrected chi connectivity index (χ1v) is 11.0. The first-order chi connectivity index (χ1) is 15.4. The topological polar surface area (TPSA) is 101 Å². The summed E-state index contributed by atoms with van der Waals surface area (Å²) in [6, 6.07) is 16.2. The molecule has 0 aliphatic carbocycles. The van der Waals surface area contributed by atoms with Gasteiger partial charge in [0, 0.05) is 27.9 Å². The van der Waals surface area contributed by atoms with Crippen LogP contribution in [0.3, 0.4) is 0 Å².